The highest BCUT2D eigenvalue weighted by atomic mass is 16.4. The van der Waals surface area contributed by atoms with E-state index in [-0.39, 0.29) is 24.7 Å². The number of carbonyl (C=O) groups excluding carboxylic acids is 1. The van der Waals surface area contributed by atoms with Crippen LogP contribution in [0, 0.1) is 0 Å². The van der Waals surface area contributed by atoms with Crippen molar-refractivity contribution >= 4 is 11.8 Å². The number of ketones is 1. The summed E-state index contributed by atoms with van der Waals surface area (Å²) < 4.78 is 0. The number of nitrogens with two attached hydrogens (primary N) is 1. The van der Waals surface area contributed by atoms with Crippen LogP contribution in [0.1, 0.15) is 25.7 Å². The van der Waals surface area contributed by atoms with Crippen LogP contribution in [0.3, 0.4) is 0 Å². The number of aliphatic carboxylic acids is 1. The molecule has 1 saturated heterocycles. The van der Waals surface area contributed by atoms with Gasteiger partial charge in [0.05, 0.1) is 6.04 Å². The fraction of sp³-hybridized carbons (Fsp3) is 0.778. The smallest absolute Gasteiger partial charge is 0.320 e. The Morgan fingerprint density at radius 3 is 2.79 bits per heavy atom. The van der Waals surface area contributed by atoms with Gasteiger partial charge in [-0.05, 0) is 25.8 Å². The third kappa shape index (κ3) is 3.08. The summed E-state index contributed by atoms with van der Waals surface area (Å²) in [6.07, 6.45) is 2.36. The van der Waals surface area contributed by atoms with Crippen molar-refractivity contribution in [3.05, 3.63) is 0 Å². The van der Waals surface area contributed by atoms with Crippen LogP contribution in [0.5, 0.6) is 0 Å². The second-order valence-electron chi connectivity index (χ2n) is 3.60. The molecule has 0 aromatic carbocycles. The van der Waals surface area contributed by atoms with Crippen molar-refractivity contribution in [2.45, 2.75) is 37.8 Å². The predicted octanol–water partition coefficient (Wildman–Crippen LogP) is -0.500. The zero-order valence-corrected chi connectivity index (χ0v) is 8.03. The SMILES string of the molecule is NC(CCC(=O)[C@@H]1CCCN1)C(=O)O. The minimum Gasteiger partial charge on any atom is -0.480 e. The van der Waals surface area contributed by atoms with E-state index in [9.17, 15) is 9.59 Å². The van der Waals surface area contributed by atoms with Gasteiger partial charge < -0.3 is 16.2 Å². The van der Waals surface area contributed by atoms with E-state index in [1.165, 1.54) is 0 Å². The first-order valence-electron chi connectivity index (χ1n) is 4.85. The van der Waals surface area contributed by atoms with Gasteiger partial charge in [-0.15, -0.1) is 0 Å². The number of carboxylic acids is 1. The van der Waals surface area contributed by atoms with Crippen LogP contribution in [0.25, 0.3) is 0 Å². The summed E-state index contributed by atoms with van der Waals surface area (Å²) in [7, 11) is 0. The summed E-state index contributed by atoms with van der Waals surface area (Å²) in [5.74, 6) is -0.962. The summed E-state index contributed by atoms with van der Waals surface area (Å²) in [5.41, 5.74) is 5.29. The zero-order valence-electron chi connectivity index (χ0n) is 8.03. The Balaban J connectivity index is 2.23. The van der Waals surface area contributed by atoms with Gasteiger partial charge in [0.15, 0.2) is 0 Å². The summed E-state index contributed by atoms with van der Waals surface area (Å²) in [6.45, 7) is 0.876. The van der Waals surface area contributed by atoms with E-state index >= 15 is 0 Å². The lowest BCUT2D eigenvalue weighted by atomic mass is 10.0. The van der Waals surface area contributed by atoms with Crippen molar-refractivity contribution in [1.82, 2.24) is 5.32 Å². The standard InChI is InChI=1S/C9H16N2O3/c10-6(9(13)14)3-4-8(12)7-2-1-5-11-7/h6-7,11H,1-5,10H2,(H,13,14)/t6?,7-/m0/s1. The van der Waals surface area contributed by atoms with Crippen molar-refractivity contribution in [3.63, 3.8) is 0 Å². The van der Waals surface area contributed by atoms with Gasteiger partial charge >= 0.3 is 5.97 Å². The Morgan fingerprint density at radius 2 is 2.29 bits per heavy atom. The van der Waals surface area contributed by atoms with Crippen LogP contribution in [0.2, 0.25) is 0 Å². The summed E-state index contributed by atoms with van der Waals surface area (Å²) >= 11 is 0. The average molecular weight is 200 g/mol. The van der Waals surface area contributed by atoms with Crippen LogP contribution in [-0.4, -0.2) is 35.5 Å². The molecule has 5 nitrogen and oxygen atoms in total. The zero-order chi connectivity index (χ0) is 10.6. The van der Waals surface area contributed by atoms with Gasteiger partial charge in [-0.2, -0.15) is 0 Å². The van der Waals surface area contributed by atoms with Gasteiger partial charge in [-0.1, -0.05) is 0 Å². The number of carbonyl (C=O) groups is 2. The fourth-order valence-electron chi connectivity index (χ4n) is 1.55. The first-order valence-corrected chi connectivity index (χ1v) is 4.85. The van der Waals surface area contributed by atoms with Crippen molar-refractivity contribution in [2.75, 3.05) is 6.54 Å². The lowest BCUT2D eigenvalue weighted by Crippen LogP contribution is -2.34. The number of carboxylic acid groups (broad SMARTS) is 1. The highest BCUT2D eigenvalue weighted by molar-refractivity contribution is 5.85. The number of nitrogens with one attached hydrogen (secondary N) is 1. The van der Waals surface area contributed by atoms with E-state index in [2.05, 4.69) is 5.32 Å². The Hall–Kier alpha value is -0.940. The minimum absolute atomic E-state index is 0.0732. The molecule has 0 aromatic heterocycles. The normalized spacial score (nSPS) is 23.4. The van der Waals surface area contributed by atoms with Gasteiger partial charge in [0.2, 0.25) is 0 Å². The van der Waals surface area contributed by atoms with E-state index < -0.39 is 12.0 Å². The van der Waals surface area contributed by atoms with Crippen molar-refractivity contribution in [1.29, 1.82) is 0 Å². The van der Waals surface area contributed by atoms with Crippen molar-refractivity contribution in [3.8, 4) is 0 Å². The lowest BCUT2D eigenvalue weighted by Gasteiger charge is -2.10. The van der Waals surface area contributed by atoms with Gasteiger partial charge in [0, 0.05) is 6.42 Å². The van der Waals surface area contributed by atoms with E-state index in [4.69, 9.17) is 10.8 Å². The van der Waals surface area contributed by atoms with E-state index in [0.29, 0.717) is 0 Å². The molecule has 1 unspecified atom stereocenters. The average Bonchev–Trinajstić information content (AvgIpc) is 2.66. The molecule has 0 saturated carbocycles. The Kier molecular flexibility index (Phi) is 4.03. The number of Topliss-reactive ketones (excluding diaryl/α,β-unsaturated/α-hetero) is 1. The highest BCUT2D eigenvalue weighted by Crippen LogP contribution is 2.09. The van der Waals surface area contributed by atoms with Crippen molar-refractivity contribution in [2.24, 2.45) is 5.73 Å². The third-order valence-electron chi connectivity index (χ3n) is 2.47. The predicted molar refractivity (Wildman–Crippen MR) is 50.9 cm³/mol. The Labute approximate surface area is 82.7 Å². The first kappa shape index (κ1) is 11.1. The monoisotopic (exact) mass is 200 g/mol. The molecule has 0 spiro atoms. The second kappa shape index (κ2) is 5.07. The molecule has 5 heteroatoms. The van der Waals surface area contributed by atoms with Crippen LogP contribution in [0.15, 0.2) is 0 Å². The maximum atomic E-state index is 11.5. The molecule has 0 radical (unpaired) electrons. The number of hydrogen-bond donors (Lipinski definition) is 3. The summed E-state index contributed by atoms with van der Waals surface area (Å²) in [6, 6.07) is -0.989. The van der Waals surface area contributed by atoms with Gasteiger partial charge in [-0.3, -0.25) is 9.59 Å². The molecule has 1 rings (SSSR count). The van der Waals surface area contributed by atoms with Crippen LogP contribution in [0.4, 0.5) is 0 Å². The summed E-state index contributed by atoms with van der Waals surface area (Å²) in [5, 5.41) is 11.6. The molecule has 2 atom stereocenters. The molecule has 1 heterocycles. The van der Waals surface area contributed by atoms with Crippen molar-refractivity contribution < 1.29 is 14.7 Å². The third-order valence-corrected chi connectivity index (χ3v) is 2.47. The largest absolute Gasteiger partial charge is 0.480 e. The molecule has 1 aliphatic heterocycles. The van der Waals surface area contributed by atoms with E-state index in [0.717, 1.165) is 19.4 Å². The molecule has 80 valence electrons. The molecule has 4 N–H and O–H groups in total. The van der Waals surface area contributed by atoms with Crippen LogP contribution in [-0.2, 0) is 9.59 Å². The first-order chi connectivity index (χ1) is 6.61. The Bertz CT molecular complexity index is 224. The van der Waals surface area contributed by atoms with Gasteiger partial charge in [0.25, 0.3) is 0 Å². The minimum atomic E-state index is -1.04. The van der Waals surface area contributed by atoms with Gasteiger partial charge in [0.1, 0.15) is 11.8 Å². The van der Waals surface area contributed by atoms with E-state index in [1.807, 2.05) is 0 Å². The maximum Gasteiger partial charge on any atom is 0.320 e. The molecule has 0 bridgehead atoms. The maximum absolute atomic E-state index is 11.5. The number of hydrogen-bond acceptors (Lipinski definition) is 4. The Morgan fingerprint density at radius 1 is 1.57 bits per heavy atom. The quantitative estimate of drug-likeness (QED) is 0.556. The van der Waals surface area contributed by atoms with E-state index in [1.54, 1.807) is 0 Å². The summed E-state index contributed by atoms with van der Waals surface area (Å²) in [4.78, 5) is 21.8. The molecule has 0 aliphatic carbocycles. The number of rotatable bonds is 5. The van der Waals surface area contributed by atoms with Crippen LogP contribution >= 0.6 is 0 Å². The molecule has 1 aliphatic rings. The fourth-order valence-corrected chi connectivity index (χ4v) is 1.55. The molecule has 14 heavy (non-hydrogen) atoms. The van der Waals surface area contributed by atoms with Crippen LogP contribution < -0.4 is 11.1 Å². The second-order valence-corrected chi connectivity index (χ2v) is 3.60. The lowest BCUT2D eigenvalue weighted by molar-refractivity contribution is -0.138. The molecular weight excluding hydrogens is 184 g/mol. The topological polar surface area (TPSA) is 92.4 Å². The highest BCUT2D eigenvalue weighted by Gasteiger charge is 2.23. The van der Waals surface area contributed by atoms with Gasteiger partial charge in [-0.25, -0.2) is 0 Å². The molecule has 0 amide bonds. The molecule has 1 fully saturated rings. The molecule has 0 aromatic rings. The molecular formula is C9H16N2O3.